The Bertz CT molecular complexity index is 629. The third-order valence-corrected chi connectivity index (χ3v) is 3.97. The van der Waals surface area contributed by atoms with Crippen molar-refractivity contribution in [3.63, 3.8) is 0 Å². The van der Waals surface area contributed by atoms with E-state index in [-0.39, 0.29) is 0 Å². The van der Waals surface area contributed by atoms with Crippen LogP contribution in [0.2, 0.25) is 0 Å². The predicted octanol–water partition coefficient (Wildman–Crippen LogP) is 1.21. The maximum absolute atomic E-state index is 11.8. The molecule has 1 fully saturated rings. The van der Waals surface area contributed by atoms with Crippen LogP contribution in [0, 0.1) is 0 Å². The Morgan fingerprint density at radius 3 is 2.70 bits per heavy atom. The van der Waals surface area contributed by atoms with Crippen LogP contribution in [0.4, 0.5) is 0 Å². The number of hydrogen-bond acceptors (Lipinski definition) is 3. The van der Waals surface area contributed by atoms with Gasteiger partial charge in [0.25, 0.3) is 0 Å². The van der Waals surface area contributed by atoms with Crippen molar-refractivity contribution in [3.05, 3.63) is 36.0 Å². The Balaban J connectivity index is 2.07. The van der Waals surface area contributed by atoms with Gasteiger partial charge in [-0.3, -0.25) is 9.69 Å². The van der Waals surface area contributed by atoms with Gasteiger partial charge in [0.2, 0.25) is 0 Å². The third kappa shape index (κ3) is 2.19. The van der Waals surface area contributed by atoms with Crippen LogP contribution < -0.4 is 5.32 Å². The SMILES string of the molecule is Cn1cc(C(C(=O)O)N2CCNCC2)c2ccccc21. The minimum Gasteiger partial charge on any atom is -0.480 e. The van der Waals surface area contributed by atoms with E-state index in [1.165, 1.54) is 0 Å². The summed E-state index contributed by atoms with van der Waals surface area (Å²) in [5.41, 5.74) is 1.96. The number of nitrogens with zero attached hydrogens (tertiary/aromatic N) is 2. The van der Waals surface area contributed by atoms with E-state index in [9.17, 15) is 9.90 Å². The first kappa shape index (κ1) is 13.1. The highest BCUT2D eigenvalue weighted by molar-refractivity contribution is 5.89. The van der Waals surface area contributed by atoms with Gasteiger partial charge in [0.15, 0.2) is 0 Å². The molecule has 3 rings (SSSR count). The molecule has 1 saturated heterocycles. The van der Waals surface area contributed by atoms with Crippen LogP contribution in [0.15, 0.2) is 30.5 Å². The number of piperazine rings is 1. The van der Waals surface area contributed by atoms with Crippen LogP contribution in [-0.4, -0.2) is 46.7 Å². The van der Waals surface area contributed by atoms with Gasteiger partial charge in [-0.2, -0.15) is 0 Å². The molecule has 1 aliphatic rings. The van der Waals surface area contributed by atoms with Crippen molar-refractivity contribution in [1.82, 2.24) is 14.8 Å². The summed E-state index contributed by atoms with van der Waals surface area (Å²) in [7, 11) is 1.96. The molecule has 1 aromatic heterocycles. The molecule has 0 bridgehead atoms. The predicted molar refractivity (Wildman–Crippen MR) is 77.7 cm³/mol. The van der Waals surface area contributed by atoms with E-state index >= 15 is 0 Å². The minimum absolute atomic E-state index is 0.566. The van der Waals surface area contributed by atoms with E-state index in [1.807, 2.05) is 47.0 Å². The van der Waals surface area contributed by atoms with E-state index in [1.54, 1.807) is 0 Å². The van der Waals surface area contributed by atoms with E-state index < -0.39 is 12.0 Å². The minimum atomic E-state index is -0.775. The van der Waals surface area contributed by atoms with Crippen molar-refractivity contribution >= 4 is 16.9 Å². The summed E-state index contributed by atoms with van der Waals surface area (Å²) in [5.74, 6) is -0.775. The van der Waals surface area contributed by atoms with Crippen LogP contribution >= 0.6 is 0 Å². The van der Waals surface area contributed by atoms with Crippen LogP contribution in [0.5, 0.6) is 0 Å². The lowest BCUT2D eigenvalue weighted by atomic mass is 10.0. The molecule has 5 nitrogen and oxygen atoms in total. The van der Waals surface area contributed by atoms with Gasteiger partial charge in [0.05, 0.1) is 0 Å². The first-order valence-corrected chi connectivity index (χ1v) is 6.90. The summed E-state index contributed by atoms with van der Waals surface area (Å²) in [4.78, 5) is 13.8. The molecule has 20 heavy (non-hydrogen) atoms. The lowest BCUT2D eigenvalue weighted by Gasteiger charge is -2.32. The number of fused-ring (bicyclic) bond motifs is 1. The average Bonchev–Trinajstić information content (AvgIpc) is 2.78. The summed E-state index contributed by atoms with van der Waals surface area (Å²) < 4.78 is 2.00. The lowest BCUT2D eigenvalue weighted by molar-refractivity contribution is -0.143. The van der Waals surface area contributed by atoms with Crippen molar-refractivity contribution in [2.24, 2.45) is 7.05 Å². The second-order valence-electron chi connectivity index (χ2n) is 5.24. The second kappa shape index (κ2) is 5.26. The molecular formula is C15H19N3O2. The summed E-state index contributed by atoms with van der Waals surface area (Å²) in [5, 5.41) is 14.0. The molecule has 0 radical (unpaired) electrons. The number of carboxylic acids is 1. The Kier molecular flexibility index (Phi) is 3.46. The highest BCUT2D eigenvalue weighted by Crippen LogP contribution is 2.30. The van der Waals surface area contributed by atoms with Crippen molar-refractivity contribution in [1.29, 1.82) is 0 Å². The van der Waals surface area contributed by atoms with Gasteiger partial charge < -0.3 is 15.0 Å². The standard InChI is InChI=1S/C15H19N3O2/c1-17-10-12(11-4-2-3-5-13(11)17)14(15(19)20)18-8-6-16-7-9-18/h2-5,10,14,16H,6-9H2,1H3,(H,19,20). The van der Waals surface area contributed by atoms with E-state index in [0.717, 1.165) is 42.6 Å². The summed E-state index contributed by atoms with van der Waals surface area (Å²) in [6, 6.07) is 7.40. The normalized spacial score (nSPS) is 18.2. The number of carbonyl (C=O) groups is 1. The second-order valence-corrected chi connectivity index (χ2v) is 5.24. The number of carboxylic acid groups (broad SMARTS) is 1. The number of para-hydroxylation sites is 1. The van der Waals surface area contributed by atoms with Gasteiger partial charge in [-0.25, -0.2) is 0 Å². The average molecular weight is 273 g/mol. The molecule has 2 heterocycles. The molecule has 0 spiro atoms. The van der Waals surface area contributed by atoms with E-state index in [2.05, 4.69) is 5.32 Å². The van der Waals surface area contributed by atoms with Crippen molar-refractivity contribution in [3.8, 4) is 0 Å². The van der Waals surface area contributed by atoms with Gasteiger partial charge in [-0.1, -0.05) is 18.2 Å². The summed E-state index contributed by atoms with van der Waals surface area (Å²) >= 11 is 0. The topological polar surface area (TPSA) is 57.5 Å². The number of hydrogen-bond donors (Lipinski definition) is 2. The van der Waals surface area contributed by atoms with Gasteiger partial charge in [-0.15, -0.1) is 0 Å². The van der Waals surface area contributed by atoms with E-state index in [4.69, 9.17) is 0 Å². The molecule has 0 amide bonds. The zero-order chi connectivity index (χ0) is 14.1. The van der Waals surface area contributed by atoms with Gasteiger partial charge in [-0.05, 0) is 6.07 Å². The highest BCUT2D eigenvalue weighted by Gasteiger charge is 2.30. The van der Waals surface area contributed by atoms with Crippen LogP contribution in [-0.2, 0) is 11.8 Å². The maximum Gasteiger partial charge on any atom is 0.325 e. The molecular weight excluding hydrogens is 254 g/mol. The summed E-state index contributed by atoms with van der Waals surface area (Å²) in [6.45, 7) is 3.21. The molecule has 106 valence electrons. The van der Waals surface area contributed by atoms with Crippen molar-refractivity contribution < 1.29 is 9.90 Å². The molecule has 1 aliphatic heterocycles. The van der Waals surface area contributed by atoms with Gasteiger partial charge in [0, 0.05) is 55.9 Å². The number of aryl methyl sites for hydroxylation is 1. The molecule has 0 saturated carbocycles. The first-order chi connectivity index (χ1) is 9.68. The number of aromatic nitrogens is 1. The Morgan fingerprint density at radius 2 is 2.00 bits per heavy atom. The molecule has 0 aliphatic carbocycles. The number of rotatable bonds is 3. The van der Waals surface area contributed by atoms with Gasteiger partial charge in [0.1, 0.15) is 6.04 Å². The van der Waals surface area contributed by atoms with Crippen LogP contribution in [0.3, 0.4) is 0 Å². The quantitative estimate of drug-likeness (QED) is 0.882. The smallest absolute Gasteiger partial charge is 0.325 e. The summed E-state index contributed by atoms with van der Waals surface area (Å²) in [6.07, 6.45) is 1.95. The number of aliphatic carboxylic acids is 1. The maximum atomic E-state index is 11.8. The van der Waals surface area contributed by atoms with E-state index in [0.29, 0.717) is 0 Å². The molecule has 1 atom stereocenters. The number of benzene rings is 1. The van der Waals surface area contributed by atoms with Crippen molar-refractivity contribution in [2.75, 3.05) is 26.2 Å². The third-order valence-electron chi connectivity index (χ3n) is 3.97. The Morgan fingerprint density at radius 1 is 1.30 bits per heavy atom. The highest BCUT2D eigenvalue weighted by atomic mass is 16.4. The van der Waals surface area contributed by atoms with Gasteiger partial charge >= 0.3 is 5.97 Å². The fourth-order valence-corrected chi connectivity index (χ4v) is 3.02. The number of nitrogens with one attached hydrogen (secondary N) is 1. The monoisotopic (exact) mass is 273 g/mol. The fourth-order valence-electron chi connectivity index (χ4n) is 3.02. The van der Waals surface area contributed by atoms with Crippen LogP contribution in [0.1, 0.15) is 11.6 Å². The molecule has 1 aromatic carbocycles. The lowest BCUT2D eigenvalue weighted by Crippen LogP contribution is -2.47. The molecule has 5 heteroatoms. The molecule has 2 N–H and O–H groups in total. The zero-order valence-electron chi connectivity index (χ0n) is 11.5. The molecule has 1 unspecified atom stereocenters. The van der Waals surface area contributed by atoms with Crippen molar-refractivity contribution in [2.45, 2.75) is 6.04 Å². The Labute approximate surface area is 117 Å². The Hall–Kier alpha value is -1.85. The fraction of sp³-hybridized carbons (Fsp3) is 0.400. The zero-order valence-corrected chi connectivity index (χ0v) is 11.5. The first-order valence-electron chi connectivity index (χ1n) is 6.90. The van der Waals surface area contributed by atoms with Crippen LogP contribution in [0.25, 0.3) is 10.9 Å². The largest absolute Gasteiger partial charge is 0.480 e. The molecule has 2 aromatic rings.